The number of aromatic nitrogens is 12. The van der Waals surface area contributed by atoms with Crippen LogP contribution in [0.3, 0.4) is 0 Å². The van der Waals surface area contributed by atoms with Gasteiger partial charge in [-0.3, -0.25) is 71.9 Å². The maximum absolute atomic E-state index is 14.4. The van der Waals surface area contributed by atoms with Crippen LogP contribution < -0.4 is 41.3 Å². The summed E-state index contributed by atoms with van der Waals surface area (Å²) in [4.78, 5) is 123. The number of aromatic carboxylic acids is 1. The first-order valence-electron chi connectivity index (χ1n) is 39.3. The molecule has 4 saturated carbocycles. The molecule has 8 aromatic heterocycles. The van der Waals surface area contributed by atoms with Crippen LogP contribution in [0.25, 0.3) is 0 Å². The second-order valence-electron chi connectivity index (χ2n) is 31.0. The van der Waals surface area contributed by atoms with Crippen molar-refractivity contribution in [2.75, 3.05) is 47.8 Å². The van der Waals surface area contributed by atoms with E-state index < -0.39 is 70.8 Å². The molecule has 0 bridgehead atoms. The summed E-state index contributed by atoms with van der Waals surface area (Å²) in [5.41, 5.74) is 12.4. The predicted molar refractivity (Wildman–Crippen MR) is 447 cm³/mol. The summed E-state index contributed by atoms with van der Waals surface area (Å²) < 4.78 is 61.9. The van der Waals surface area contributed by atoms with Crippen LogP contribution in [0.1, 0.15) is 151 Å². The van der Waals surface area contributed by atoms with Gasteiger partial charge in [0.1, 0.15) is 41.4 Å². The van der Waals surface area contributed by atoms with E-state index in [2.05, 4.69) is 62.3 Å². The Morgan fingerprint density at radius 3 is 0.854 bits per heavy atom. The van der Waals surface area contributed by atoms with E-state index in [4.69, 9.17) is 10.8 Å². The van der Waals surface area contributed by atoms with Gasteiger partial charge in [0.2, 0.25) is 11.6 Å². The van der Waals surface area contributed by atoms with Gasteiger partial charge in [-0.25, -0.2) is 42.3 Å². The van der Waals surface area contributed by atoms with Gasteiger partial charge in [0.25, 0.3) is 35.4 Å². The number of rotatable bonds is 15. The maximum Gasteiger partial charge on any atom is 0.359 e. The van der Waals surface area contributed by atoms with Crippen molar-refractivity contribution >= 4 is 70.6 Å². The fourth-order valence-electron chi connectivity index (χ4n) is 16.4. The number of nitrogens with two attached hydrogens (primary N) is 1. The van der Waals surface area contributed by atoms with Crippen LogP contribution in [-0.4, -0.2) is 164 Å². The Kier molecular flexibility index (Phi) is 24.9. The molecule has 123 heavy (non-hydrogen) atoms. The van der Waals surface area contributed by atoms with Gasteiger partial charge in [-0.1, -0.05) is 160 Å². The smallest absolute Gasteiger partial charge is 0.359 e. The zero-order valence-electron chi connectivity index (χ0n) is 65.8. The van der Waals surface area contributed by atoms with Crippen LogP contribution in [0.15, 0.2) is 219 Å². The average Bonchev–Trinajstić information content (AvgIpc) is 1.60. The van der Waals surface area contributed by atoms with E-state index in [9.17, 15) is 55.9 Å². The number of hydrogen-bond acceptors (Lipinski definition) is 17. The van der Waals surface area contributed by atoms with Crippen molar-refractivity contribution in [3.63, 3.8) is 0 Å². The summed E-state index contributed by atoms with van der Waals surface area (Å²) >= 11 is 0. The van der Waals surface area contributed by atoms with Crippen molar-refractivity contribution in [3.8, 4) is 0 Å². The van der Waals surface area contributed by atoms with Crippen molar-refractivity contribution < 1.29 is 61.0 Å². The van der Waals surface area contributed by atoms with E-state index in [0.29, 0.717) is 55.5 Å². The van der Waals surface area contributed by atoms with Crippen molar-refractivity contribution in [1.82, 2.24) is 75.0 Å². The number of carboxylic acid groups (broad SMARTS) is 1. The standard InChI is InChI=1S/3C22H20FN5O2.C11H9FN2O2.C11H13N3O.2CH4/c3*1-27-20-14(8-5-9-24-20)15-10-16(15)18(22(27)30)25-21(29)19-17(23)12-28(26-19)11-13-6-3-2-4-7-13;12-9-7-14(13-10(9)11(15)16)6-8-4-2-1-3-5-8;1-14-10-6(3-2-4-13-10)7-5-8(7)9(12)11(14)15;;/h3*2-9,12,15-16,18H,10-11H2,1H3,(H,25,29);1-5,7H,6H2,(H,15,16);2-4,7-9H,5,12H2,1H3;2*1H4/t15-,16?,18-;2*15-,16-,18-;;7-,8?,9-;;/m010.0../s1. The Hall–Kier alpha value is -14.2. The lowest BCUT2D eigenvalue weighted by atomic mass is 10.1. The van der Waals surface area contributed by atoms with Crippen LogP contribution in [0.5, 0.6) is 0 Å². The first-order valence-corrected chi connectivity index (χ1v) is 39.3. The Morgan fingerprint density at radius 1 is 0.358 bits per heavy atom. The highest BCUT2D eigenvalue weighted by Gasteiger charge is 2.56. The van der Waals surface area contributed by atoms with Gasteiger partial charge in [-0.2, -0.15) is 20.4 Å². The Labute approximate surface area is 705 Å². The third kappa shape index (κ3) is 18.1. The molecular weight excluding hydrogens is 1580 g/mol. The zero-order valence-corrected chi connectivity index (χ0v) is 65.8. The van der Waals surface area contributed by atoms with Crippen molar-refractivity contribution in [1.29, 1.82) is 0 Å². The lowest BCUT2D eigenvalue weighted by molar-refractivity contribution is -0.121. The van der Waals surface area contributed by atoms with Crippen molar-refractivity contribution in [2.24, 2.45) is 29.4 Å². The number of likely N-dealkylation sites (N-methyl/N-ethyl adjacent to an activating group) is 4. The zero-order chi connectivity index (χ0) is 84.6. The highest BCUT2D eigenvalue weighted by atomic mass is 19.1. The molecule has 4 fully saturated rings. The summed E-state index contributed by atoms with van der Waals surface area (Å²) in [6.45, 7) is 1.40. The first-order chi connectivity index (χ1) is 58.4. The molecule has 4 aliphatic carbocycles. The van der Waals surface area contributed by atoms with Gasteiger partial charge in [-0.15, -0.1) is 0 Å². The number of pyridine rings is 4. The third-order valence-electron chi connectivity index (χ3n) is 23.0. The van der Waals surface area contributed by atoms with E-state index in [0.717, 1.165) is 76.6 Å². The largest absolute Gasteiger partial charge is 0.476 e. The van der Waals surface area contributed by atoms with Gasteiger partial charge in [0, 0.05) is 53.0 Å². The van der Waals surface area contributed by atoms with Crippen molar-refractivity contribution in [2.45, 2.75) is 115 Å². The number of halogens is 4. The molecule has 2 unspecified atom stereocenters. The quantitative estimate of drug-likeness (QED) is 0.0595. The number of hydrogen-bond donors (Lipinski definition) is 5. The summed E-state index contributed by atoms with van der Waals surface area (Å²) in [5.74, 6) is -3.33. The van der Waals surface area contributed by atoms with Crippen LogP contribution in [0.2, 0.25) is 0 Å². The Balaban J connectivity index is 0.000000128. The number of nitrogens with zero attached hydrogens (tertiary/aromatic N) is 16. The monoisotopic (exact) mass is 1670 g/mol. The summed E-state index contributed by atoms with van der Waals surface area (Å²) in [6, 6.07) is 50.5. The molecule has 20 rings (SSSR count). The summed E-state index contributed by atoms with van der Waals surface area (Å²) in [7, 11) is 6.69. The first kappa shape index (κ1) is 85.2. The number of nitrogens with one attached hydrogen (secondary N) is 3. The number of carboxylic acids is 1. The molecule has 4 aromatic carbocycles. The molecule has 6 N–H and O–H groups in total. The third-order valence-corrected chi connectivity index (χ3v) is 23.0. The van der Waals surface area contributed by atoms with Crippen LogP contribution in [0.4, 0.5) is 40.8 Å². The Bertz CT molecular complexity index is 5510. The fourth-order valence-corrected chi connectivity index (χ4v) is 16.4. The number of anilines is 4. The summed E-state index contributed by atoms with van der Waals surface area (Å²) in [5, 5.41) is 32.8. The highest BCUT2D eigenvalue weighted by Crippen LogP contribution is 2.57. The molecule has 7 amide bonds. The van der Waals surface area contributed by atoms with Crippen LogP contribution in [0, 0.1) is 46.9 Å². The van der Waals surface area contributed by atoms with E-state index in [-0.39, 0.29) is 97.1 Å². The van der Waals surface area contributed by atoms with E-state index in [1.54, 1.807) is 57.9 Å². The minimum Gasteiger partial charge on any atom is -0.476 e. The van der Waals surface area contributed by atoms with E-state index in [1.165, 1.54) is 57.6 Å². The van der Waals surface area contributed by atoms with Gasteiger partial charge >= 0.3 is 5.97 Å². The molecule has 4 aliphatic heterocycles. The molecule has 33 heteroatoms. The average molecular weight is 1670 g/mol. The number of amides is 7. The molecule has 632 valence electrons. The molecule has 0 saturated heterocycles. The molecule has 0 spiro atoms. The lowest BCUT2D eigenvalue weighted by Crippen LogP contribution is -2.48. The predicted octanol–water partition coefficient (Wildman–Crippen LogP) is 10.6. The fraction of sp³-hybridized carbons (Fsp3) is 0.289. The van der Waals surface area contributed by atoms with Crippen LogP contribution in [-0.2, 0) is 45.4 Å². The van der Waals surface area contributed by atoms with Crippen LogP contribution >= 0.6 is 0 Å². The molecular formula is C90H90F4N20O9. The van der Waals surface area contributed by atoms with E-state index >= 15 is 0 Å². The van der Waals surface area contributed by atoms with Gasteiger partial charge in [0.05, 0.1) is 57.0 Å². The van der Waals surface area contributed by atoms with Gasteiger partial charge < -0.3 is 26.8 Å². The number of carbonyl (C=O) groups is 8. The molecule has 12 aromatic rings. The number of fused-ring (bicyclic) bond motifs is 12. The normalized spacial score (nSPS) is 21.6. The second-order valence-corrected chi connectivity index (χ2v) is 31.0. The van der Waals surface area contributed by atoms with Gasteiger partial charge in [-0.05, 0) is 142 Å². The molecule has 12 heterocycles. The molecule has 12 atom stereocenters. The maximum atomic E-state index is 14.4. The minimum absolute atomic E-state index is 0. The topological polar surface area (TPSA) is 355 Å². The molecule has 29 nitrogen and oxygen atoms in total. The minimum atomic E-state index is -1.36. The van der Waals surface area contributed by atoms with E-state index in [1.807, 2.05) is 164 Å². The van der Waals surface area contributed by atoms with Crippen molar-refractivity contribution in [3.05, 3.63) is 310 Å². The number of carbonyl (C=O) groups excluding carboxylic acids is 7. The summed E-state index contributed by atoms with van der Waals surface area (Å²) in [6.07, 6.45) is 14.7. The highest BCUT2D eigenvalue weighted by molar-refractivity contribution is 6.05. The Morgan fingerprint density at radius 2 is 0.593 bits per heavy atom. The SMILES string of the molecule is C.C.CN1C(=O)[C@@H](N)C2C[C@H]2c2cccnc21.CN1C(=O)[C@@H](NC(=O)c2nn(Cc3ccccc3)cc2F)C2C[C@H]2c2cccnc21.CN1C(=O)[C@@H](NC(=O)c2nn(Cc3ccccc3)cc2F)[C@H]2C[C@H]2c2cccnc21.CN1C(=O)[C@H](NC(=O)c2nn(Cc3ccccc3)cc2F)[C@@H]2C[C@@H]2c2cccnc21.O=C(O)c1nn(Cc2ccccc2)cc1F. The molecule has 0 radical (unpaired) electrons. The number of benzene rings is 4. The lowest BCUT2D eigenvalue weighted by Gasteiger charge is -2.22. The molecule has 8 aliphatic rings. The van der Waals surface area contributed by atoms with Gasteiger partial charge in [0.15, 0.2) is 40.4 Å². The second kappa shape index (κ2) is 36.0.